The van der Waals surface area contributed by atoms with E-state index in [9.17, 15) is 4.79 Å². The predicted molar refractivity (Wildman–Crippen MR) is 97.5 cm³/mol. The van der Waals surface area contributed by atoms with E-state index in [1.54, 1.807) is 28.9 Å². The molecular formula is C17H18BrN5O2. The summed E-state index contributed by atoms with van der Waals surface area (Å²) in [6.45, 7) is 1.13. The van der Waals surface area contributed by atoms with Crippen LogP contribution in [0.2, 0.25) is 0 Å². The molecule has 3 rings (SSSR count). The number of nitrogens with zero attached hydrogens (tertiary/aromatic N) is 4. The van der Waals surface area contributed by atoms with Gasteiger partial charge >= 0.3 is 0 Å². The smallest absolute Gasteiger partial charge is 0.226 e. The van der Waals surface area contributed by atoms with E-state index in [2.05, 4.69) is 31.4 Å². The van der Waals surface area contributed by atoms with Crippen LogP contribution in [0.5, 0.6) is 5.75 Å². The van der Waals surface area contributed by atoms with E-state index in [0.29, 0.717) is 25.2 Å². The lowest BCUT2D eigenvalue weighted by molar-refractivity contribution is -0.116. The minimum absolute atomic E-state index is 0.0763. The minimum atomic E-state index is -0.0763. The normalized spacial score (nSPS) is 10.6. The van der Waals surface area contributed by atoms with Crippen molar-refractivity contribution in [2.24, 2.45) is 0 Å². The second-order valence-electron chi connectivity index (χ2n) is 5.50. The van der Waals surface area contributed by atoms with Gasteiger partial charge < -0.3 is 10.1 Å². The average molecular weight is 404 g/mol. The summed E-state index contributed by atoms with van der Waals surface area (Å²) in [7, 11) is 1.64. The number of anilines is 1. The number of benzene rings is 1. The van der Waals surface area contributed by atoms with Gasteiger partial charge in [0.2, 0.25) is 5.91 Å². The molecule has 0 fully saturated rings. The van der Waals surface area contributed by atoms with E-state index in [-0.39, 0.29) is 5.91 Å². The molecule has 8 heteroatoms. The number of nitrogens with one attached hydrogen (secondary N) is 1. The van der Waals surface area contributed by atoms with Gasteiger partial charge in [-0.15, -0.1) is 0 Å². The summed E-state index contributed by atoms with van der Waals surface area (Å²) in [5, 5.41) is 11.2. The third-order valence-electron chi connectivity index (χ3n) is 3.57. The fourth-order valence-electron chi connectivity index (χ4n) is 2.37. The molecule has 1 amide bonds. The predicted octanol–water partition coefficient (Wildman–Crippen LogP) is 2.93. The Balaban J connectivity index is 1.53. The lowest BCUT2D eigenvalue weighted by Gasteiger charge is -2.05. The summed E-state index contributed by atoms with van der Waals surface area (Å²) in [6, 6.07) is 7.80. The second kappa shape index (κ2) is 7.98. The van der Waals surface area contributed by atoms with Crippen molar-refractivity contribution in [3.63, 3.8) is 0 Å². The summed E-state index contributed by atoms with van der Waals surface area (Å²) in [5.74, 6) is 0.732. The van der Waals surface area contributed by atoms with Gasteiger partial charge in [0.15, 0.2) is 0 Å². The van der Waals surface area contributed by atoms with E-state index in [1.807, 2.05) is 36.7 Å². The first-order valence-corrected chi connectivity index (χ1v) is 8.55. The molecule has 7 nitrogen and oxygen atoms in total. The number of aromatic nitrogens is 4. The molecule has 1 aromatic carbocycles. The monoisotopic (exact) mass is 403 g/mol. The SMILES string of the molecule is COc1cccc(Cn2cc(NC(=O)CCn3cc(Br)cn3)cn2)c1. The third kappa shape index (κ3) is 4.93. The Morgan fingerprint density at radius 1 is 1.24 bits per heavy atom. The number of ether oxygens (including phenoxy) is 1. The zero-order valence-corrected chi connectivity index (χ0v) is 15.3. The standard InChI is InChI=1S/C17H18BrN5O2/c1-25-16-4-2-3-13(7-16)10-23-12-15(9-20-23)21-17(24)5-6-22-11-14(18)8-19-22/h2-4,7-9,11-12H,5-6,10H2,1H3,(H,21,24). The summed E-state index contributed by atoms with van der Waals surface area (Å²) >= 11 is 3.33. The topological polar surface area (TPSA) is 74.0 Å². The van der Waals surface area contributed by atoms with Gasteiger partial charge in [-0.1, -0.05) is 12.1 Å². The van der Waals surface area contributed by atoms with E-state index >= 15 is 0 Å². The maximum absolute atomic E-state index is 12.0. The van der Waals surface area contributed by atoms with E-state index in [1.165, 1.54) is 0 Å². The fourth-order valence-corrected chi connectivity index (χ4v) is 2.70. The highest BCUT2D eigenvalue weighted by Crippen LogP contribution is 2.14. The molecule has 1 N–H and O–H groups in total. The van der Waals surface area contributed by atoms with Crippen LogP contribution in [0.4, 0.5) is 5.69 Å². The molecule has 0 saturated heterocycles. The molecule has 0 atom stereocenters. The molecule has 0 spiro atoms. The van der Waals surface area contributed by atoms with Gasteiger partial charge in [-0.25, -0.2) is 0 Å². The van der Waals surface area contributed by atoms with Crippen molar-refractivity contribution < 1.29 is 9.53 Å². The molecule has 0 aliphatic carbocycles. The summed E-state index contributed by atoms with van der Waals surface area (Å²) < 4.78 is 9.60. The van der Waals surface area contributed by atoms with Crippen molar-refractivity contribution in [2.45, 2.75) is 19.5 Å². The Bertz CT molecular complexity index is 858. The number of aryl methyl sites for hydroxylation is 1. The quantitative estimate of drug-likeness (QED) is 0.657. The minimum Gasteiger partial charge on any atom is -0.497 e. The van der Waals surface area contributed by atoms with Crippen LogP contribution in [0.1, 0.15) is 12.0 Å². The molecule has 130 valence electrons. The highest BCUT2D eigenvalue weighted by atomic mass is 79.9. The van der Waals surface area contributed by atoms with Crippen molar-refractivity contribution in [3.05, 3.63) is 59.1 Å². The van der Waals surface area contributed by atoms with Gasteiger partial charge in [-0.2, -0.15) is 10.2 Å². The molecule has 25 heavy (non-hydrogen) atoms. The Hall–Kier alpha value is -2.61. The molecule has 0 radical (unpaired) electrons. The lowest BCUT2D eigenvalue weighted by atomic mass is 10.2. The van der Waals surface area contributed by atoms with Crippen molar-refractivity contribution >= 4 is 27.5 Å². The van der Waals surface area contributed by atoms with Crippen molar-refractivity contribution in [3.8, 4) is 5.75 Å². The molecular weight excluding hydrogens is 386 g/mol. The Labute approximate surface area is 153 Å². The molecule has 0 unspecified atom stereocenters. The number of hydrogen-bond donors (Lipinski definition) is 1. The number of halogens is 1. The van der Waals surface area contributed by atoms with Gasteiger partial charge in [-0.05, 0) is 33.6 Å². The first kappa shape index (κ1) is 17.2. The van der Waals surface area contributed by atoms with Crippen LogP contribution in [0, 0.1) is 0 Å². The molecule has 0 saturated carbocycles. The zero-order chi connectivity index (χ0) is 17.6. The Morgan fingerprint density at radius 2 is 2.08 bits per heavy atom. The van der Waals surface area contributed by atoms with E-state index in [0.717, 1.165) is 15.8 Å². The fraction of sp³-hybridized carbons (Fsp3) is 0.235. The summed E-state index contributed by atoms with van der Waals surface area (Å²) in [5.41, 5.74) is 1.75. The van der Waals surface area contributed by atoms with Crippen LogP contribution >= 0.6 is 15.9 Å². The van der Waals surface area contributed by atoms with Crippen molar-refractivity contribution in [1.82, 2.24) is 19.6 Å². The maximum atomic E-state index is 12.0. The van der Waals surface area contributed by atoms with Gasteiger partial charge in [0.1, 0.15) is 5.75 Å². The number of carbonyl (C=O) groups excluding carboxylic acids is 1. The first-order valence-electron chi connectivity index (χ1n) is 7.75. The van der Waals surface area contributed by atoms with Crippen LogP contribution in [0.3, 0.4) is 0 Å². The molecule has 0 aliphatic rings. The molecule has 0 bridgehead atoms. The molecule has 2 aromatic heterocycles. The van der Waals surface area contributed by atoms with Gasteiger partial charge in [0.05, 0.1) is 36.2 Å². The summed E-state index contributed by atoms with van der Waals surface area (Å²) in [4.78, 5) is 12.0. The van der Waals surface area contributed by atoms with Gasteiger partial charge in [-0.3, -0.25) is 14.2 Å². The highest BCUT2D eigenvalue weighted by Gasteiger charge is 2.06. The van der Waals surface area contributed by atoms with Crippen molar-refractivity contribution in [1.29, 1.82) is 0 Å². The maximum Gasteiger partial charge on any atom is 0.226 e. The number of amides is 1. The van der Waals surface area contributed by atoms with Crippen LogP contribution < -0.4 is 10.1 Å². The number of methoxy groups -OCH3 is 1. The largest absolute Gasteiger partial charge is 0.497 e. The van der Waals surface area contributed by atoms with E-state index in [4.69, 9.17) is 4.74 Å². The van der Waals surface area contributed by atoms with Crippen molar-refractivity contribution in [2.75, 3.05) is 12.4 Å². The van der Waals surface area contributed by atoms with Gasteiger partial charge in [0.25, 0.3) is 0 Å². The average Bonchev–Trinajstić information content (AvgIpc) is 3.22. The second-order valence-corrected chi connectivity index (χ2v) is 6.41. The molecule has 2 heterocycles. The number of hydrogen-bond acceptors (Lipinski definition) is 4. The number of rotatable bonds is 7. The third-order valence-corrected chi connectivity index (χ3v) is 3.97. The molecule has 3 aromatic rings. The zero-order valence-electron chi connectivity index (χ0n) is 13.7. The van der Waals surface area contributed by atoms with Crippen LogP contribution in [-0.2, 0) is 17.9 Å². The van der Waals surface area contributed by atoms with Crippen LogP contribution in [-0.4, -0.2) is 32.6 Å². The first-order chi connectivity index (χ1) is 12.1. The lowest BCUT2D eigenvalue weighted by Crippen LogP contribution is -2.14. The van der Waals surface area contributed by atoms with Crippen LogP contribution in [0.25, 0.3) is 0 Å². The molecule has 0 aliphatic heterocycles. The van der Waals surface area contributed by atoms with Gasteiger partial charge in [0, 0.05) is 25.4 Å². The number of carbonyl (C=O) groups is 1. The highest BCUT2D eigenvalue weighted by molar-refractivity contribution is 9.10. The Morgan fingerprint density at radius 3 is 2.84 bits per heavy atom. The summed E-state index contributed by atoms with van der Waals surface area (Å²) in [6.07, 6.45) is 7.32. The Kier molecular flexibility index (Phi) is 5.49. The van der Waals surface area contributed by atoms with E-state index < -0.39 is 0 Å². The van der Waals surface area contributed by atoms with Crippen LogP contribution in [0.15, 0.2) is 53.5 Å².